The van der Waals surface area contributed by atoms with Crippen LogP contribution in [0.2, 0.25) is 5.02 Å². The molecular formula is C24H20ClN3O3S2. The number of nitrogens with zero attached hydrogens (tertiary/aromatic N) is 2. The molecule has 0 saturated heterocycles. The molecule has 4 aromatic rings. The van der Waals surface area contributed by atoms with Crippen molar-refractivity contribution in [2.24, 2.45) is 0 Å². The van der Waals surface area contributed by atoms with Gasteiger partial charge in [-0.25, -0.2) is 4.98 Å². The Morgan fingerprint density at radius 2 is 2.18 bits per heavy atom. The van der Waals surface area contributed by atoms with Gasteiger partial charge in [-0.05, 0) is 49.8 Å². The molecule has 0 radical (unpaired) electrons. The first-order valence-corrected chi connectivity index (χ1v) is 12.4. The van der Waals surface area contributed by atoms with Crippen LogP contribution in [0.1, 0.15) is 32.7 Å². The van der Waals surface area contributed by atoms with Crippen LogP contribution < -0.4 is 10.1 Å². The van der Waals surface area contributed by atoms with Crippen LogP contribution in [0.15, 0.2) is 42.7 Å². The zero-order valence-corrected chi connectivity index (χ0v) is 20.3. The van der Waals surface area contributed by atoms with E-state index < -0.39 is 0 Å². The van der Waals surface area contributed by atoms with E-state index in [1.165, 1.54) is 17.4 Å². The molecule has 1 aliphatic heterocycles. The summed E-state index contributed by atoms with van der Waals surface area (Å²) in [5.74, 6) is 0.515. The molecular weight excluding hydrogens is 478 g/mol. The van der Waals surface area contributed by atoms with Gasteiger partial charge < -0.3 is 10.1 Å². The number of fused-ring (bicyclic) bond motifs is 2. The summed E-state index contributed by atoms with van der Waals surface area (Å²) in [4.78, 5) is 32.1. The molecule has 1 N–H and O–H groups in total. The Balaban J connectivity index is 1.22. The van der Waals surface area contributed by atoms with Gasteiger partial charge in [-0.15, -0.1) is 22.7 Å². The highest BCUT2D eigenvalue weighted by atomic mass is 35.5. The number of benzene rings is 1. The number of rotatable bonds is 6. The minimum atomic E-state index is -0.196. The first-order chi connectivity index (χ1) is 15.9. The number of hydrogen-bond acceptors (Lipinski definition) is 6. The van der Waals surface area contributed by atoms with E-state index in [4.69, 9.17) is 16.3 Å². The Bertz CT molecular complexity index is 1420. The Hall–Kier alpha value is -2.94. The third-order valence-corrected chi connectivity index (χ3v) is 7.78. The van der Waals surface area contributed by atoms with E-state index in [0.29, 0.717) is 23.7 Å². The predicted molar refractivity (Wildman–Crippen MR) is 133 cm³/mol. The van der Waals surface area contributed by atoms with Crippen molar-refractivity contribution in [2.45, 2.75) is 26.4 Å². The molecule has 1 unspecified atom stereocenters. The van der Waals surface area contributed by atoms with Crippen LogP contribution in [-0.4, -0.2) is 33.7 Å². The van der Waals surface area contributed by atoms with Crippen LogP contribution in [-0.2, 0) is 11.2 Å². The third-order valence-electron chi connectivity index (χ3n) is 5.35. The van der Waals surface area contributed by atoms with Gasteiger partial charge in [-0.2, -0.15) is 0 Å². The summed E-state index contributed by atoms with van der Waals surface area (Å²) in [5, 5.41) is 3.43. The normalized spacial score (nSPS) is 15.2. The van der Waals surface area contributed by atoms with Crippen molar-refractivity contribution < 1.29 is 14.3 Å². The number of halogens is 1. The first-order valence-electron chi connectivity index (χ1n) is 10.4. The molecule has 4 heterocycles. The molecule has 1 amide bonds. The van der Waals surface area contributed by atoms with Gasteiger partial charge in [-0.1, -0.05) is 11.6 Å². The van der Waals surface area contributed by atoms with E-state index in [9.17, 15) is 9.59 Å². The average molecular weight is 498 g/mol. The van der Waals surface area contributed by atoms with E-state index in [-0.39, 0.29) is 17.8 Å². The quantitative estimate of drug-likeness (QED) is 0.285. The lowest BCUT2D eigenvalue weighted by Gasteiger charge is -2.11. The molecule has 1 atom stereocenters. The fraction of sp³-hybridized carbons (Fsp3) is 0.208. The van der Waals surface area contributed by atoms with Crippen molar-refractivity contribution in [3.8, 4) is 16.2 Å². The van der Waals surface area contributed by atoms with E-state index in [2.05, 4.69) is 10.3 Å². The number of ketones is 1. The Morgan fingerprint density at radius 3 is 2.97 bits per heavy atom. The van der Waals surface area contributed by atoms with Gasteiger partial charge in [0.15, 0.2) is 10.7 Å². The monoisotopic (exact) mass is 497 g/mol. The van der Waals surface area contributed by atoms with Crippen molar-refractivity contribution in [1.29, 1.82) is 0 Å². The van der Waals surface area contributed by atoms with Crippen molar-refractivity contribution in [3.05, 3.63) is 68.8 Å². The summed E-state index contributed by atoms with van der Waals surface area (Å²) >= 11 is 9.54. The summed E-state index contributed by atoms with van der Waals surface area (Å²) in [6.07, 6.45) is 7.47. The van der Waals surface area contributed by atoms with Crippen molar-refractivity contribution in [1.82, 2.24) is 14.7 Å². The third kappa shape index (κ3) is 4.46. The Kier molecular flexibility index (Phi) is 5.82. The molecule has 0 saturated carbocycles. The molecule has 33 heavy (non-hydrogen) atoms. The van der Waals surface area contributed by atoms with Crippen LogP contribution in [0.25, 0.3) is 21.5 Å². The van der Waals surface area contributed by atoms with Gasteiger partial charge in [0, 0.05) is 34.0 Å². The standard InChI is InChI=1S/C24H20ClN3O3S2/c1-13-12-28-17(10-27-24(28)32-13)3-6-22(30)26-11-18-8-16-7-15(9-19(25)23(16)31-18)21-5-4-20(33-21)14(2)29/h3-7,9-10,12,18H,8,11H2,1-2H3,(H,26,30)/b6-3+. The summed E-state index contributed by atoms with van der Waals surface area (Å²) in [7, 11) is 0. The zero-order valence-electron chi connectivity index (χ0n) is 17.9. The fourth-order valence-corrected chi connectivity index (χ4v) is 5.78. The lowest BCUT2D eigenvalue weighted by Crippen LogP contribution is -2.33. The second-order valence-corrected chi connectivity index (χ2v) is 10.6. The van der Waals surface area contributed by atoms with E-state index >= 15 is 0 Å². The number of thiophene rings is 1. The summed E-state index contributed by atoms with van der Waals surface area (Å²) in [6.45, 7) is 3.96. The number of carbonyl (C=O) groups is 2. The number of carbonyl (C=O) groups excluding carboxylic acids is 2. The molecule has 9 heteroatoms. The zero-order chi connectivity index (χ0) is 23.1. The Labute approximate surface area is 203 Å². The molecule has 0 bridgehead atoms. The first kappa shape index (κ1) is 21.9. The second-order valence-electron chi connectivity index (χ2n) is 7.87. The maximum Gasteiger partial charge on any atom is 0.244 e. The molecule has 0 aliphatic carbocycles. The van der Waals surface area contributed by atoms with Crippen LogP contribution >= 0.6 is 34.3 Å². The van der Waals surface area contributed by atoms with Crippen LogP contribution in [0, 0.1) is 6.92 Å². The van der Waals surface area contributed by atoms with Crippen molar-refractivity contribution in [3.63, 3.8) is 0 Å². The minimum absolute atomic E-state index is 0.0507. The van der Waals surface area contributed by atoms with Crippen molar-refractivity contribution in [2.75, 3.05) is 6.54 Å². The van der Waals surface area contributed by atoms with Gasteiger partial charge in [-0.3, -0.25) is 14.0 Å². The number of imidazole rings is 1. The number of ether oxygens (including phenoxy) is 1. The van der Waals surface area contributed by atoms with Crippen LogP contribution in [0.4, 0.5) is 0 Å². The summed E-state index contributed by atoms with van der Waals surface area (Å²) in [5.41, 5.74) is 2.82. The van der Waals surface area contributed by atoms with Crippen molar-refractivity contribution >= 4 is 57.0 Å². The average Bonchev–Trinajstić information content (AvgIpc) is 3.54. The number of aryl methyl sites for hydroxylation is 1. The highest BCUT2D eigenvalue weighted by Gasteiger charge is 2.26. The van der Waals surface area contributed by atoms with E-state index in [1.807, 2.05) is 41.8 Å². The summed E-state index contributed by atoms with van der Waals surface area (Å²) < 4.78 is 7.96. The van der Waals surface area contributed by atoms with Gasteiger partial charge >= 0.3 is 0 Å². The molecule has 1 aliphatic rings. The number of aromatic nitrogens is 2. The second kappa shape index (κ2) is 8.78. The molecule has 0 fully saturated rings. The topological polar surface area (TPSA) is 72.7 Å². The van der Waals surface area contributed by atoms with E-state index in [0.717, 1.165) is 36.4 Å². The van der Waals surface area contributed by atoms with E-state index in [1.54, 1.807) is 30.5 Å². The number of Topliss-reactive ketones (excluding diaryl/α,β-unsaturated/α-hetero) is 1. The number of thiazole rings is 1. The lowest BCUT2D eigenvalue weighted by molar-refractivity contribution is -0.116. The number of nitrogens with one attached hydrogen (secondary N) is 1. The predicted octanol–water partition coefficient (Wildman–Crippen LogP) is 5.42. The number of amides is 1. The minimum Gasteiger partial charge on any atom is -0.486 e. The fourth-order valence-electron chi connectivity index (χ4n) is 3.80. The molecule has 168 valence electrons. The smallest absolute Gasteiger partial charge is 0.244 e. The maximum atomic E-state index is 12.3. The largest absolute Gasteiger partial charge is 0.486 e. The van der Waals surface area contributed by atoms with Gasteiger partial charge in [0.05, 0.1) is 28.3 Å². The Morgan fingerprint density at radius 1 is 1.33 bits per heavy atom. The number of hydrogen-bond donors (Lipinski definition) is 1. The molecule has 5 rings (SSSR count). The highest BCUT2D eigenvalue weighted by molar-refractivity contribution is 7.17. The SMILES string of the molecule is CC(=O)c1ccc(-c2cc(Cl)c3c(c2)CC(CNC(=O)/C=C/c2cnc4sc(C)cn24)O3)s1. The molecule has 3 aromatic heterocycles. The van der Waals surface area contributed by atoms with Crippen LogP contribution in [0.3, 0.4) is 0 Å². The molecule has 1 aromatic carbocycles. The van der Waals surface area contributed by atoms with Crippen LogP contribution in [0.5, 0.6) is 5.75 Å². The van der Waals surface area contributed by atoms with Gasteiger partial charge in [0.1, 0.15) is 11.9 Å². The highest BCUT2D eigenvalue weighted by Crippen LogP contribution is 2.41. The summed E-state index contributed by atoms with van der Waals surface area (Å²) in [6, 6.07) is 7.68. The molecule has 0 spiro atoms. The molecule has 6 nitrogen and oxygen atoms in total. The maximum absolute atomic E-state index is 12.3. The van der Waals surface area contributed by atoms with Gasteiger partial charge in [0.2, 0.25) is 5.91 Å². The lowest BCUT2D eigenvalue weighted by atomic mass is 10.1. The van der Waals surface area contributed by atoms with Gasteiger partial charge in [0.25, 0.3) is 0 Å².